The fraction of sp³-hybridized carbons (Fsp3) is 0.0952. The molecule has 0 spiro atoms. The fourth-order valence-corrected chi connectivity index (χ4v) is 3.71. The molecular weight excluding hydrogens is 402 g/mol. The molecule has 3 heterocycles. The van der Waals surface area contributed by atoms with E-state index in [4.69, 9.17) is 14.9 Å². The third-order valence-electron chi connectivity index (χ3n) is 4.24. The molecule has 150 valence electrons. The van der Waals surface area contributed by atoms with E-state index in [0.29, 0.717) is 33.9 Å². The molecule has 1 N–H and O–H groups in total. The number of pyridine rings is 1. The van der Waals surface area contributed by atoms with Gasteiger partial charge in [-0.25, -0.2) is 0 Å². The number of amides is 1. The van der Waals surface area contributed by atoms with E-state index in [0.717, 1.165) is 5.56 Å². The predicted molar refractivity (Wildman–Crippen MR) is 117 cm³/mol. The van der Waals surface area contributed by atoms with Crippen LogP contribution < -0.4 is 9.47 Å². The molecule has 0 atom stereocenters. The molecule has 4 rings (SSSR count). The number of carbonyl (C=O) groups is 1. The molecular formula is C21H17N5O3S. The van der Waals surface area contributed by atoms with Crippen molar-refractivity contribution in [2.45, 2.75) is 0 Å². The van der Waals surface area contributed by atoms with E-state index in [1.807, 2.05) is 12.1 Å². The first-order valence-corrected chi connectivity index (χ1v) is 9.74. The Hall–Kier alpha value is -3.72. The topological polar surface area (TPSA) is 100 Å². The van der Waals surface area contributed by atoms with Crippen molar-refractivity contribution >= 4 is 39.8 Å². The van der Waals surface area contributed by atoms with Gasteiger partial charge in [-0.2, -0.15) is 15.1 Å². The quantitative estimate of drug-likeness (QED) is 0.569. The summed E-state index contributed by atoms with van der Waals surface area (Å²) in [6, 6.07) is 8.88. The molecule has 8 nitrogen and oxygen atoms in total. The standard InChI is InChI=1S/C21H17N5O3S/c1-3-10-29-16-5-4-13(12-17(16)28-2)11-15-18(22)26-21(24-19(15)27)30-20(25-26)14-6-8-23-9-7-14/h3-9,11-12,22H,1,10H2,2H3. The Morgan fingerprint density at radius 3 is 2.77 bits per heavy atom. The molecule has 9 heteroatoms. The van der Waals surface area contributed by atoms with E-state index in [9.17, 15) is 4.79 Å². The third kappa shape index (κ3) is 3.74. The zero-order valence-electron chi connectivity index (χ0n) is 16.0. The van der Waals surface area contributed by atoms with Crippen molar-refractivity contribution in [1.82, 2.24) is 9.99 Å². The molecule has 0 saturated heterocycles. The van der Waals surface area contributed by atoms with Crippen LogP contribution in [-0.4, -0.2) is 45.7 Å². The highest BCUT2D eigenvalue weighted by Gasteiger charge is 2.36. The smallest absolute Gasteiger partial charge is 0.283 e. The van der Waals surface area contributed by atoms with Crippen LogP contribution >= 0.6 is 11.8 Å². The van der Waals surface area contributed by atoms with Crippen LogP contribution in [0.2, 0.25) is 0 Å². The van der Waals surface area contributed by atoms with Crippen molar-refractivity contribution in [2.24, 2.45) is 10.1 Å². The number of aliphatic imine (C=N–C) groups is 1. The summed E-state index contributed by atoms with van der Waals surface area (Å²) in [7, 11) is 1.54. The summed E-state index contributed by atoms with van der Waals surface area (Å²) in [6.07, 6.45) is 6.56. The van der Waals surface area contributed by atoms with Gasteiger partial charge in [0, 0.05) is 18.0 Å². The number of benzene rings is 1. The second-order valence-corrected chi connectivity index (χ2v) is 7.13. The first-order chi connectivity index (χ1) is 14.6. The largest absolute Gasteiger partial charge is 0.493 e. The van der Waals surface area contributed by atoms with Crippen LogP contribution in [0.25, 0.3) is 6.08 Å². The number of thioether (sulfide) groups is 1. The molecule has 1 aromatic heterocycles. The first-order valence-electron chi connectivity index (χ1n) is 8.93. The van der Waals surface area contributed by atoms with Crippen LogP contribution in [0.4, 0.5) is 0 Å². The molecule has 2 aliphatic heterocycles. The van der Waals surface area contributed by atoms with Gasteiger partial charge in [-0.15, -0.1) is 0 Å². The molecule has 0 bridgehead atoms. The molecule has 30 heavy (non-hydrogen) atoms. The minimum absolute atomic E-state index is 0.0347. The van der Waals surface area contributed by atoms with Crippen molar-refractivity contribution in [1.29, 1.82) is 5.41 Å². The zero-order valence-corrected chi connectivity index (χ0v) is 16.8. The molecule has 1 amide bonds. The van der Waals surface area contributed by atoms with Gasteiger partial charge in [0.05, 0.1) is 12.7 Å². The van der Waals surface area contributed by atoms with Crippen LogP contribution in [0.3, 0.4) is 0 Å². The maximum absolute atomic E-state index is 12.6. The SMILES string of the molecule is C=CCOc1ccc(C=C2C(=N)N3N=C(c4ccncc4)SC3=NC2=O)cc1OC. The van der Waals surface area contributed by atoms with Gasteiger partial charge < -0.3 is 9.47 Å². The van der Waals surface area contributed by atoms with Crippen molar-refractivity contribution in [3.8, 4) is 11.5 Å². The van der Waals surface area contributed by atoms with E-state index in [-0.39, 0.29) is 11.4 Å². The molecule has 1 aromatic carbocycles. The maximum atomic E-state index is 12.6. The van der Waals surface area contributed by atoms with Gasteiger partial charge in [0.1, 0.15) is 11.7 Å². The van der Waals surface area contributed by atoms with Crippen molar-refractivity contribution < 1.29 is 14.3 Å². The van der Waals surface area contributed by atoms with E-state index < -0.39 is 5.91 Å². The van der Waals surface area contributed by atoms with E-state index >= 15 is 0 Å². The second kappa shape index (κ2) is 8.34. The number of nitrogens with zero attached hydrogens (tertiary/aromatic N) is 4. The average molecular weight is 419 g/mol. The minimum atomic E-state index is -0.490. The van der Waals surface area contributed by atoms with Crippen LogP contribution in [0, 0.1) is 5.41 Å². The Morgan fingerprint density at radius 1 is 1.23 bits per heavy atom. The number of methoxy groups -OCH3 is 1. The number of hydrogen-bond donors (Lipinski definition) is 1. The summed E-state index contributed by atoms with van der Waals surface area (Å²) in [4.78, 5) is 20.7. The Kier molecular flexibility index (Phi) is 5.44. The lowest BCUT2D eigenvalue weighted by molar-refractivity contribution is -0.114. The maximum Gasteiger partial charge on any atom is 0.283 e. The van der Waals surface area contributed by atoms with Gasteiger partial charge >= 0.3 is 0 Å². The van der Waals surface area contributed by atoms with Crippen LogP contribution in [-0.2, 0) is 4.79 Å². The highest BCUT2D eigenvalue weighted by molar-refractivity contribution is 8.27. The monoisotopic (exact) mass is 419 g/mol. The summed E-state index contributed by atoms with van der Waals surface area (Å²) in [6.45, 7) is 3.97. The Balaban J connectivity index is 1.64. The van der Waals surface area contributed by atoms with Crippen molar-refractivity contribution in [2.75, 3.05) is 13.7 Å². The van der Waals surface area contributed by atoms with Gasteiger partial charge in [0.25, 0.3) is 5.91 Å². The lowest BCUT2D eigenvalue weighted by atomic mass is 10.1. The number of hydrazone groups is 1. The van der Waals surface area contributed by atoms with E-state index in [1.54, 1.807) is 42.7 Å². The van der Waals surface area contributed by atoms with E-state index in [1.165, 1.54) is 23.9 Å². The average Bonchev–Trinajstić information content (AvgIpc) is 3.20. The first kappa shape index (κ1) is 19.6. The number of carbonyl (C=O) groups excluding carboxylic acids is 1. The zero-order chi connectivity index (χ0) is 21.1. The van der Waals surface area contributed by atoms with E-state index in [2.05, 4.69) is 21.7 Å². The Morgan fingerprint density at radius 2 is 2.03 bits per heavy atom. The molecule has 0 aliphatic carbocycles. The number of rotatable bonds is 6. The lowest BCUT2D eigenvalue weighted by Gasteiger charge is -2.20. The molecule has 0 fully saturated rings. The number of ether oxygens (including phenoxy) is 2. The number of amidine groups is 2. The summed E-state index contributed by atoms with van der Waals surface area (Å²) in [5.41, 5.74) is 1.66. The molecule has 0 saturated carbocycles. The van der Waals surface area contributed by atoms with Crippen LogP contribution in [0.15, 0.2) is 71.0 Å². The van der Waals surface area contributed by atoms with Crippen LogP contribution in [0.5, 0.6) is 11.5 Å². The molecule has 0 unspecified atom stereocenters. The predicted octanol–water partition coefficient (Wildman–Crippen LogP) is 3.32. The second-order valence-electron chi connectivity index (χ2n) is 6.17. The molecule has 0 radical (unpaired) electrons. The van der Waals surface area contributed by atoms with Crippen LogP contribution in [0.1, 0.15) is 11.1 Å². The van der Waals surface area contributed by atoms with Gasteiger partial charge in [0.2, 0.25) is 5.17 Å². The summed E-state index contributed by atoms with van der Waals surface area (Å²) >= 11 is 1.24. The number of hydrogen-bond acceptors (Lipinski definition) is 7. The number of aromatic nitrogens is 1. The Labute approximate surface area is 177 Å². The van der Waals surface area contributed by atoms with Crippen molar-refractivity contribution in [3.63, 3.8) is 0 Å². The number of nitrogens with one attached hydrogen (secondary N) is 1. The molecule has 2 aliphatic rings. The minimum Gasteiger partial charge on any atom is -0.493 e. The molecule has 2 aromatic rings. The van der Waals surface area contributed by atoms with Gasteiger partial charge in [-0.05, 0) is 47.7 Å². The van der Waals surface area contributed by atoms with Gasteiger partial charge in [0.15, 0.2) is 17.3 Å². The van der Waals surface area contributed by atoms with Gasteiger partial charge in [-0.1, -0.05) is 18.7 Å². The number of fused-ring (bicyclic) bond motifs is 1. The Bertz CT molecular complexity index is 1120. The van der Waals surface area contributed by atoms with Gasteiger partial charge in [-0.3, -0.25) is 15.2 Å². The van der Waals surface area contributed by atoms with Crippen molar-refractivity contribution in [3.05, 3.63) is 72.1 Å². The normalized spacial score (nSPS) is 16.8. The highest BCUT2D eigenvalue weighted by Crippen LogP contribution is 2.32. The third-order valence-corrected chi connectivity index (χ3v) is 5.19. The highest BCUT2D eigenvalue weighted by atomic mass is 32.2. The summed E-state index contributed by atoms with van der Waals surface area (Å²) in [5.74, 6) is 0.552. The summed E-state index contributed by atoms with van der Waals surface area (Å²) in [5, 5.41) is 15.3. The summed E-state index contributed by atoms with van der Waals surface area (Å²) < 4.78 is 10.9. The fourth-order valence-electron chi connectivity index (χ4n) is 2.81. The lowest BCUT2D eigenvalue weighted by Crippen LogP contribution is -2.35.